The highest BCUT2D eigenvalue weighted by molar-refractivity contribution is 9.10. The Labute approximate surface area is 124 Å². The van der Waals surface area contributed by atoms with Gasteiger partial charge >= 0.3 is 0 Å². The van der Waals surface area contributed by atoms with Crippen LogP contribution in [0.5, 0.6) is 0 Å². The first-order chi connectivity index (χ1) is 8.88. The zero-order valence-electron chi connectivity index (χ0n) is 9.47. The van der Waals surface area contributed by atoms with Crippen LogP contribution in [0.4, 0.5) is 11.5 Å². The molecule has 2 aromatic rings. The highest BCUT2D eigenvalue weighted by Gasteiger charge is 2.15. The normalized spacial score (nSPS) is 11.3. The summed E-state index contributed by atoms with van der Waals surface area (Å²) in [6, 6.07) is 7.37. The number of rotatable bonds is 3. The summed E-state index contributed by atoms with van der Waals surface area (Å²) in [5.41, 5.74) is 6.07. The first-order valence-corrected chi connectivity index (χ1v) is 7.73. The van der Waals surface area contributed by atoms with Crippen LogP contribution in [0.2, 0.25) is 5.02 Å². The lowest BCUT2D eigenvalue weighted by molar-refractivity contribution is 0.601. The third-order valence-electron chi connectivity index (χ3n) is 2.25. The van der Waals surface area contributed by atoms with Crippen LogP contribution in [0, 0.1) is 0 Å². The Balaban J connectivity index is 2.32. The van der Waals surface area contributed by atoms with E-state index in [2.05, 4.69) is 25.6 Å². The summed E-state index contributed by atoms with van der Waals surface area (Å²) in [7, 11) is -3.71. The van der Waals surface area contributed by atoms with E-state index >= 15 is 0 Å². The van der Waals surface area contributed by atoms with E-state index in [1.54, 1.807) is 6.07 Å². The van der Waals surface area contributed by atoms with E-state index < -0.39 is 10.0 Å². The molecule has 19 heavy (non-hydrogen) atoms. The molecule has 0 atom stereocenters. The van der Waals surface area contributed by atoms with Crippen LogP contribution in [0.3, 0.4) is 0 Å². The summed E-state index contributed by atoms with van der Waals surface area (Å²) in [6.45, 7) is 0. The van der Waals surface area contributed by atoms with E-state index in [-0.39, 0.29) is 10.7 Å². The number of hydrogen-bond donors (Lipinski definition) is 2. The minimum atomic E-state index is -3.71. The lowest BCUT2D eigenvalue weighted by Crippen LogP contribution is -2.14. The summed E-state index contributed by atoms with van der Waals surface area (Å²) in [6.07, 6.45) is 1.36. The smallest absolute Gasteiger partial charge is 0.263 e. The van der Waals surface area contributed by atoms with Gasteiger partial charge in [0.05, 0.1) is 9.92 Å². The van der Waals surface area contributed by atoms with Crippen LogP contribution in [-0.4, -0.2) is 13.4 Å². The second-order valence-electron chi connectivity index (χ2n) is 3.65. The van der Waals surface area contributed by atoms with Gasteiger partial charge < -0.3 is 5.73 Å². The molecule has 1 aromatic heterocycles. The minimum Gasteiger partial charge on any atom is -0.398 e. The van der Waals surface area contributed by atoms with Crippen LogP contribution in [-0.2, 0) is 10.0 Å². The highest BCUT2D eigenvalue weighted by Crippen LogP contribution is 2.24. The van der Waals surface area contributed by atoms with Crippen molar-refractivity contribution in [3.63, 3.8) is 0 Å². The predicted molar refractivity (Wildman–Crippen MR) is 78.6 cm³/mol. The van der Waals surface area contributed by atoms with E-state index in [0.29, 0.717) is 15.2 Å². The highest BCUT2D eigenvalue weighted by atomic mass is 79.9. The molecule has 0 amide bonds. The van der Waals surface area contributed by atoms with Crippen LogP contribution in [0.1, 0.15) is 0 Å². The maximum atomic E-state index is 12.1. The summed E-state index contributed by atoms with van der Waals surface area (Å²) in [4.78, 5) is 3.96. The van der Waals surface area contributed by atoms with Crippen molar-refractivity contribution in [3.8, 4) is 0 Å². The molecular weight excluding hydrogens is 354 g/mol. The van der Waals surface area contributed by atoms with Crippen molar-refractivity contribution in [2.45, 2.75) is 4.90 Å². The predicted octanol–water partition coefficient (Wildman–Crippen LogP) is 2.88. The fraction of sp³-hybridized carbons (Fsp3) is 0. The summed E-state index contributed by atoms with van der Waals surface area (Å²) in [5.74, 6) is 0.192. The van der Waals surface area contributed by atoms with Gasteiger partial charge in [0.15, 0.2) is 0 Å². The Kier molecular flexibility index (Phi) is 3.98. The largest absolute Gasteiger partial charge is 0.398 e. The fourth-order valence-corrected chi connectivity index (χ4v) is 2.98. The van der Waals surface area contributed by atoms with Gasteiger partial charge in [-0.2, -0.15) is 0 Å². The third-order valence-corrected chi connectivity index (χ3v) is 4.51. The number of nitrogens with two attached hydrogens (primary N) is 1. The number of nitrogen functional groups attached to an aromatic ring is 1. The molecule has 100 valence electrons. The first-order valence-electron chi connectivity index (χ1n) is 5.08. The van der Waals surface area contributed by atoms with Crippen molar-refractivity contribution in [1.29, 1.82) is 0 Å². The van der Waals surface area contributed by atoms with Gasteiger partial charge in [-0.05, 0) is 46.3 Å². The summed E-state index contributed by atoms with van der Waals surface area (Å²) >= 11 is 8.86. The van der Waals surface area contributed by atoms with Crippen LogP contribution in [0.25, 0.3) is 0 Å². The fourth-order valence-electron chi connectivity index (χ4n) is 1.31. The lowest BCUT2D eigenvalue weighted by atomic mass is 10.3. The molecule has 8 heteroatoms. The lowest BCUT2D eigenvalue weighted by Gasteiger charge is -2.08. The molecule has 3 N–H and O–H groups in total. The zero-order chi connectivity index (χ0) is 14.0. The van der Waals surface area contributed by atoms with Gasteiger partial charge in [-0.15, -0.1) is 0 Å². The second kappa shape index (κ2) is 5.36. The number of halogens is 2. The monoisotopic (exact) mass is 361 g/mol. The molecule has 1 aromatic carbocycles. The van der Waals surface area contributed by atoms with E-state index in [1.807, 2.05) is 0 Å². The molecule has 2 rings (SSSR count). The van der Waals surface area contributed by atoms with Gasteiger partial charge in [-0.1, -0.05) is 11.6 Å². The zero-order valence-corrected chi connectivity index (χ0v) is 12.6. The number of anilines is 2. The van der Waals surface area contributed by atoms with Gasteiger partial charge in [0.2, 0.25) is 0 Å². The van der Waals surface area contributed by atoms with Gasteiger partial charge in [0.25, 0.3) is 10.0 Å². The Bertz CT molecular complexity index is 704. The third kappa shape index (κ3) is 3.37. The molecule has 5 nitrogen and oxygen atoms in total. The Morgan fingerprint density at radius 3 is 2.58 bits per heavy atom. The molecule has 0 aliphatic heterocycles. The van der Waals surface area contributed by atoms with E-state index in [4.69, 9.17) is 17.3 Å². The van der Waals surface area contributed by atoms with Crippen molar-refractivity contribution < 1.29 is 8.42 Å². The molecular formula is C11H9BrClN3O2S. The number of pyridine rings is 1. The van der Waals surface area contributed by atoms with E-state index in [0.717, 1.165) is 0 Å². The SMILES string of the molecule is Nc1ccc(S(=O)(=O)Nc2ccc(Cl)cn2)cc1Br. The first kappa shape index (κ1) is 14.1. The molecule has 0 saturated carbocycles. The number of sulfonamides is 1. The number of aromatic nitrogens is 1. The number of nitrogens with zero attached hydrogens (tertiary/aromatic N) is 1. The van der Waals surface area contributed by atoms with Gasteiger partial charge in [0, 0.05) is 16.4 Å². The Hall–Kier alpha value is -1.31. The molecule has 0 radical (unpaired) electrons. The average molecular weight is 363 g/mol. The molecule has 0 aliphatic carbocycles. The summed E-state index contributed by atoms with van der Waals surface area (Å²) < 4.78 is 27.1. The Morgan fingerprint density at radius 2 is 2.00 bits per heavy atom. The van der Waals surface area contributed by atoms with Gasteiger partial charge in [-0.25, -0.2) is 13.4 Å². The van der Waals surface area contributed by atoms with Crippen molar-refractivity contribution >= 4 is 49.1 Å². The number of benzene rings is 1. The average Bonchev–Trinajstić information content (AvgIpc) is 2.35. The second-order valence-corrected chi connectivity index (χ2v) is 6.62. The van der Waals surface area contributed by atoms with Crippen LogP contribution in [0.15, 0.2) is 45.9 Å². The quantitative estimate of drug-likeness (QED) is 0.822. The molecule has 1 heterocycles. The van der Waals surface area contributed by atoms with Crippen molar-refractivity contribution in [2.24, 2.45) is 0 Å². The van der Waals surface area contributed by atoms with Crippen LogP contribution >= 0.6 is 27.5 Å². The maximum absolute atomic E-state index is 12.1. The van der Waals surface area contributed by atoms with E-state index in [9.17, 15) is 8.42 Å². The minimum absolute atomic E-state index is 0.0883. The van der Waals surface area contributed by atoms with Crippen molar-refractivity contribution in [3.05, 3.63) is 46.0 Å². The maximum Gasteiger partial charge on any atom is 0.263 e. The molecule has 0 saturated heterocycles. The molecule has 0 bridgehead atoms. The number of nitrogens with one attached hydrogen (secondary N) is 1. The molecule has 0 aliphatic rings. The number of hydrogen-bond acceptors (Lipinski definition) is 4. The molecule has 0 spiro atoms. The Morgan fingerprint density at radius 1 is 1.26 bits per heavy atom. The van der Waals surface area contributed by atoms with Gasteiger partial charge in [0.1, 0.15) is 5.82 Å². The molecule has 0 unspecified atom stereocenters. The topological polar surface area (TPSA) is 85.1 Å². The standard InChI is InChI=1S/C11H9BrClN3O2S/c12-9-5-8(2-3-10(9)14)19(17,18)16-11-4-1-7(13)6-15-11/h1-6H,14H2,(H,15,16). The summed E-state index contributed by atoms with van der Waals surface area (Å²) in [5, 5.41) is 0.429. The van der Waals surface area contributed by atoms with Crippen LogP contribution < -0.4 is 10.5 Å². The van der Waals surface area contributed by atoms with Crippen molar-refractivity contribution in [2.75, 3.05) is 10.5 Å². The van der Waals surface area contributed by atoms with Gasteiger partial charge in [-0.3, -0.25) is 4.72 Å². The van der Waals surface area contributed by atoms with Crippen molar-refractivity contribution in [1.82, 2.24) is 4.98 Å². The molecule has 0 fully saturated rings. The van der Waals surface area contributed by atoms with E-state index in [1.165, 1.54) is 30.5 Å².